The number of hydrogen-bond donors (Lipinski definition) is 0. The van der Waals surface area contributed by atoms with E-state index in [0.29, 0.717) is 18.7 Å². The predicted molar refractivity (Wildman–Crippen MR) is 98.5 cm³/mol. The minimum Gasteiger partial charge on any atom is -0.481 e. The van der Waals surface area contributed by atoms with Gasteiger partial charge in [-0.1, -0.05) is 37.3 Å². The first-order valence-corrected chi connectivity index (χ1v) is 9.00. The number of hydrogen-bond acceptors (Lipinski definition) is 5. The monoisotopic (exact) mass is 339 g/mol. The molecule has 1 fully saturated rings. The summed E-state index contributed by atoms with van der Waals surface area (Å²) in [6, 6.07) is 10.2. The lowest BCUT2D eigenvalue weighted by atomic mass is 10.0. The summed E-state index contributed by atoms with van der Waals surface area (Å²) in [5, 5.41) is 0. The Kier molecular flexibility index (Phi) is 5.64. The second kappa shape index (κ2) is 8.10. The van der Waals surface area contributed by atoms with Crippen molar-refractivity contribution in [2.24, 2.45) is 0 Å². The fourth-order valence-electron chi connectivity index (χ4n) is 3.23. The summed E-state index contributed by atoms with van der Waals surface area (Å²) < 4.78 is 5.55. The topological polar surface area (TPSA) is 55.3 Å². The molecule has 0 radical (unpaired) electrons. The van der Waals surface area contributed by atoms with Crippen LogP contribution in [0.2, 0.25) is 0 Å². The molecular formula is C20H25N3O2. The van der Waals surface area contributed by atoms with Crippen molar-refractivity contribution < 1.29 is 9.53 Å². The number of carbonyl (C=O) groups is 1. The largest absolute Gasteiger partial charge is 0.481 e. The molecule has 0 aliphatic carbocycles. The highest BCUT2D eigenvalue weighted by Crippen LogP contribution is 2.31. The Hall–Kier alpha value is -2.43. The quantitative estimate of drug-likeness (QED) is 0.752. The van der Waals surface area contributed by atoms with Crippen molar-refractivity contribution in [2.75, 3.05) is 25.1 Å². The van der Waals surface area contributed by atoms with Crippen molar-refractivity contribution in [2.45, 2.75) is 39.0 Å². The Bertz CT molecular complexity index is 725. The van der Waals surface area contributed by atoms with E-state index in [2.05, 4.69) is 27.0 Å². The number of ether oxygens (including phenoxy) is 1. The molecule has 0 atom stereocenters. The van der Waals surface area contributed by atoms with Crippen LogP contribution in [-0.4, -0.2) is 36.0 Å². The van der Waals surface area contributed by atoms with Gasteiger partial charge in [-0.05, 0) is 24.8 Å². The first kappa shape index (κ1) is 17.4. The molecule has 3 rings (SSSR count). The molecule has 1 aliphatic heterocycles. The summed E-state index contributed by atoms with van der Waals surface area (Å²) in [4.78, 5) is 23.5. The summed E-state index contributed by atoms with van der Waals surface area (Å²) in [6.45, 7) is 3.75. The average molecular weight is 339 g/mol. The summed E-state index contributed by atoms with van der Waals surface area (Å²) in [5.74, 6) is 1.57. The second-order valence-corrected chi connectivity index (χ2v) is 6.35. The standard InChI is InChI=1S/C20H25N3O2/c1-3-17(24)18-21-19(23-12-8-5-9-13-23)16(20(22-18)25-2)14-15-10-6-4-7-11-15/h4,6-7,10-11H,3,5,8-9,12-14H2,1-2H3. The Labute approximate surface area is 149 Å². The Morgan fingerprint density at radius 3 is 2.48 bits per heavy atom. The highest BCUT2D eigenvalue weighted by atomic mass is 16.5. The van der Waals surface area contributed by atoms with Crippen molar-refractivity contribution in [1.82, 2.24) is 9.97 Å². The molecule has 5 heteroatoms. The van der Waals surface area contributed by atoms with Crippen LogP contribution in [0.25, 0.3) is 0 Å². The fraction of sp³-hybridized carbons (Fsp3) is 0.450. The van der Waals surface area contributed by atoms with Gasteiger partial charge in [-0.2, -0.15) is 4.98 Å². The zero-order chi connectivity index (χ0) is 17.6. The van der Waals surface area contributed by atoms with Gasteiger partial charge in [-0.3, -0.25) is 4.79 Å². The maximum absolute atomic E-state index is 12.2. The first-order valence-electron chi connectivity index (χ1n) is 9.00. The molecule has 0 spiro atoms. The number of carbonyl (C=O) groups excluding carboxylic acids is 1. The first-order chi connectivity index (χ1) is 12.2. The van der Waals surface area contributed by atoms with E-state index in [-0.39, 0.29) is 11.6 Å². The predicted octanol–water partition coefficient (Wildman–Crippen LogP) is 3.66. The Morgan fingerprint density at radius 2 is 1.84 bits per heavy atom. The van der Waals surface area contributed by atoms with E-state index in [1.807, 2.05) is 25.1 Å². The number of piperidine rings is 1. The van der Waals surface area contributed by atoms with Crippen molar-refractivity contribution in [3.05, 3.63) is 47.3 Å². The third kappa shape index (κ3) is 3.98. The van der Waals surface area contributed by atoms with Crippen LogP contribution in [0.4, 0.5) is 5.82 Å². The van der Waals surface area contributed by atoms with E-state index in [1.54, 1.807) is 7.11 Å². The molecule has 2 aromatic rings. The van der Waals surface area contributed by atoms with Crippen LogP contribution in [0.15, 0.2) is 30.3 Å². The van der Waals surface area contributed by atoms with Crippen LogP contribution in [-0.2, 0) is 6.42 Å². The molecule has 2 heterocycles. The van der Waals surface area contributed by atoms with Crippen LogP contribution in [0.1, 0.15) is 54.4 Å². The lowest BCUT2D eigenvalue weighted by Crippen LogP contribution is -2.32. The molecule has 1 aromatic carbocycles. The van der Waals surface area contributed by atoms with E-state index < -0.39 is 0 Å². The zero-order valence-corrected chi connectivity index (χ0v) is 15.0. The van der Waals surface area contributed by atoms with Gasteiger partial charge in [0.1, 0.15) is 5.82 Å². The summed E-state index contributed by atoms with van der Waals surface area (Å²) in [5.41, 5.74) is 2.14. The number of methoxy groups -OCH3 is 1. The number of anilines is 1. The van der Waals surface area contributed by atoms with Crippen LogP contribution < -0.4 is 9.64 Å². The Morgan fingerprint density at radius 1 is 1.12 bits per heavy atom. The van der Waals surface area contributed by atoms with Gasteiger partial charge in [0.25, 0.3) is 0 Å². The van der Waals surface area contributed by atoms with Crippen molar-refractivity contribution in [3.63, 3.8) is 0 Å². The molecule has 0 saturated carbocycles. The number of aromatic nitrogens is 2. The summed E-state index contributed by atoms with van der Waals surface area (Å²) in [6.07, 6.45) is 4.62. The van der Waals surface area contributed by atoms with E-state index in [1.165, 1.54) is 12.0 Å². The molecule has 1 aromatic heterocycles. The molecule has 0 N–H and O–H groups in total. The van der Waals surface area contributed by atoms with E-state index in [9.17, 15) is 4.79 Å². The van der Waals surface area contributed by atoms with Crippen LogP contribution in [0.5, 0.6) is 5.88 Å². The molecular weight excluding hydrogens is 314 g/mol. The van der Waals surface area contributed by atoms with Crippen molar-refractivity contribution in [3.8, 4) is 5.88 Å². The maximum atomic E-state index is 12.2. The van der Waals surface area contributed by atoms with Gasteiger partial charge in [0.2, 0.25) is 11.7 Å². The molecule has 5 nitrogen and oxygen atoms in total. The molecule has 25 heavy (non-hydrogen) atoms. The molecule has 0 unspecified atom stereocenters. The second-order valence-electron chi connectivity index (χ2n) is 6.35. The summed E-state index contributed by atoms with van der Waals surface area (Å²) in [7, 11) is 1.61. The SMILES string of the molecule is CCC(=O)c1nc(OC)c(Cc2ccccc2)c(N2CCCCC2)n1. The molecule has 0 bridgehead atoms. The number of ketones is 1. The highest BCUT2D eigenvalue weighted by molar-refractivity contribution is 5.92. The van der Waals surface area contributed by atoms with Gasteiger partial charge in [0.05, 0.1) is 12.7 Å². The molecule has 0 amide bonds. The molecule has 1 aliphatic rings. The van der Waals surface area contributed by atoms with Gasteiger partial charge in [0, 0.05) is 25.9 Å². The van der Waals surface area contributed by atoms with Gasteiger partial charge < -0.3 is 9.64 Å². The van der Waals surface area contributed by atoms with Crippen LogP contribution in [0.3, 0.4) is 0 Å². The third-order valence-corrected chi connectivity index (χ3v) is 4.59. The zero-order valence-electron chi connectivity index (χ0n) is 15.0. The van der Waals surface area contributed by atoms with Crippen molar-refractivity contribution >= 4 is 11.6 Å². The molecule has 132 valence electrons. The molecule has 1 saturated heterocycles. The van der Waals surface area contributed by atoms with Gasteiger partial charge >= 0.3 is 0 Å². The average Bonchev–Trinajstić information content (AvgIpc) is 2.68. The lowest BCUT2D eigenvalue weighted by Gasteiger charge is -2.30. The van der Waals surface area contributed by atoms with E-state index in [4.69, 9.17) is 4.74 Å². The Balaban J connectivity index is 2.07. The van der Waals surface area contributed by atoms with Gasteiger partial charge in [-0.25, -0.2) is 4.98 Å². The number of Topliss-reactive ketones (excluding diaryl/α,β-unsaturated/α-hetero) is 1. The van der Waals surface area contributed by atoms with Crippen LogP contribution >= 0.6 is 0 Å². The lowest BCUT2D eigenvalue weighted by molar-refractivity contribution is 0.0977. The normalized spacial score (nSPS) is 14.4. The minimum atomic E-state index is -0.0529. The smallest absolute Gasteiger partial charge is 0.222 e. The minimum absolute atomic E-state index is 0.0529. The van der Waals surface area contributed by atoms with E-state index >= 15 is 0 Å². The fourth-order valence-corrected chi connectivity index (χ4v) is 3.23. The van der Waals surface area contributed by atoms with E-state index in [0.717, 1.165) is 37.3 Å². The van der Waals surface area contributed by atoms with Crippen LogP contribution in [0, 0.1) is 0 Å². The number of nitrogens with zero attached hydrogens (tertiary/aromatic N) is 3. The number of benzene rings is 1. The maximum Gasteiger partial charge on any atom is 0.222 e. The van der Waals surface area contributed by atoms with Crippen molar-refractivity contribution in [1.29, 1.82) is 0 Å². The number of rotatable bonds is 6. The third-order valence-electron chi connectivity index (χ3n) is 4.59. The van der Waals surface area contributed by atoms with Gasteiger partial charge in [0.15, 0.2) is 5.78 Å². The highest BCUT2D eigenvalue weighted by Gasteiger charge is 2.23. The van der Waals surface area contributed by atoms with Gasteiger partial charge in [-0.15, -0.1) is 0 Å². The summed E-state index contributed by atoms with van der Waals surface area (Å²) >= 11 is 0.